The summed E-state index contributed by atoms with van der Waals surface area (Å²) in [6.07, 6.45) is 1.90. The maximum atomic E-state index is 12.9. The van der Waals surface area contributed by atoms with Gasteiger partial charge in [0.1, 0.15) is 9.71 Å². The van der Waals surface area contributed by atoms with Crippen LogP contribution in [-0.4, -0.2) is 64.9 Å². The van der Waals surface area contributed by atoms with E-state index in [1.54, 1.807) is 4.90 Å². The van der Waals surface area contributed by atoms with E-state index in [0.717, 1.165) is 5.56 Å². The number of nitrogens with zero attached hydrogens (tertiary/aromatic N) is 3. The van der Waals surface area contributed by atoms with Gasteiger partial charge in [0.2, 0.25) is 0 Å². The summed E-state index contributed by atoms with van der Waals surface area (Å²) in [5.74, 6) is -0.240. The molecule has 1 aliphatic heterocycles. The Balaban J connectivity index is 1.73. The van der Waals surface area contributed by atoms with Gasteiger partial charge in [-0.3, -0.25) is 4.79 Å². The third kappa shape index (κ3) is 5.26. The topological polar surface area (TPSA) is 122 Å². The number of nitrogens with two attached hydrogens (primary N) is 1. The highest BCUT2D eigenvalue weighted by Crippen LogP contribution is 2.40. The molecule has 0 atom stereocenters. The van der Waals surface area contributed by atoms with Crippen LogP contribution >= 0.6 is 23.1 Å². The third-order valence-electron chi connectivity index (χ3n) is 5.13. The average molecular weight is 501 g/mol. The summed E-state index contributed by atoms with van der Waals surface area (Å²) >= 11 is 2.67. The van der Waals surface area contributed by atoms with Crippen molar-refractivity contribution in [2.75, 3.05) is 43.6 Å². The lowest BCUT2D eigenvalue weighted by atomic mass is 10.1. The van der Waals surface area contributed by atoms with E-state index in [1.165, 1.54) is 23.1 Å². The molecule has 1 saturated heterocycles. The van der Waals surface area contributed by atoms with Gasteiger partial charge >= 0.3 is 6.03 Å². The number of morpholine rings is 1. The number of amides is 3. The Hall–Kier alpha value is -2.89. The third-order valence-corrected chi connectivity index (χ3v) is 6.78. The van der Waals surface area contributed by atoms with E-state index < -0.39 is 5.54 Å². The zero-order chi connectivity index (χ0) is 24.5. The summed E-state index contributed by atoms with van der Waals surface area (Å²) in [6, 6.07) is 7.27. The summed E-state index contributed by atoms with van der Waals surface area (Å²) in [7, 11) is 0. The molecular formula is C23H28N6O3S2. The van der Waals surface area contributed by atoms with E-state index in [0.29, 0.717) is 63.6 Å². The fourth-order valence-electron chi connectivity index (χ4n) is 3.58. The molecule has 180 valence electrons. The highest BCUT2D eigenvalue weighted by atomic mass is 32.2. The van der Waals surface area contributed by atoms with Gasteiger partial charge in [0, 0.05) is 29.9 Å². The molecule has 11 heteroatoms. The molecule has 4 rings (SSSR count). The lowest BCUT2D eigenvalue weighted by Crippen LogP contribution is -2.43. The number of thioether (sulfide) groups is 1. The molecule has 2 aromatic heterocycles. The van der Waals surface area contributed by atoms with E-state index >= 15 is 0 Å². The summed E-state index contributed by atoms with van der Waals surface area (Å²) in [4.78, 5) is 37.6. The Bertz CT molecular complexity index is 1230. The summed E-state index contributed by atoms with van der Waals surface area (Å²) in [5, 5.41) is 7.13. The van der Waals surface area contributed by atoms with Crippen molar-refractivity contribution in [3.05, 3.63) is 29.1 Å². The maximum Gasteiger partial charge on any atom is 0.321 e. The zero-order valence-electron chi connectivity index (χ0n) is 19.6. The molecule has 0 unspecified atom stereocenters. The highest BCUT2D eigenvalue weighted by Gasteiger charge is 2.25. The Morgan fingerprint density at radius 1 is 1.21 bits per heavy atom. The number of nitrogen functional groups attached to an aromatic ring is 1. The van der Waals surface area contributed by atoms with Gasteiger partial charge in [0.05, 0.1) is 30.0 Å². The molecule has 0 aliphatic carbocycles. The van der Waals surface area contributed by atoms with Gasteiger partial charge in [-0.15, -0.1) is 11.3 Å². The molecule has 3 amide bonds. The van der Waals surface area contributed by atoms with Crippen LogP contribution in [0.5, 0.6) is 0 Å². The van der Waals surface area contributed by atoms with Crippen molar-refractivity contribution in [3.8, 4) is 11.3 Å². The largest absolute Gasteiger partial charge is 0.397 e. The summed E-state index contributed by atoms with van der Waals surface area (Å²) in [5.41, 5.74) is 8.48. The fraction of sp³-hybridized carbons (Fsp3) is 0.391. The first-order valence-electron chi connectivity index (χ1n) is 10.9. The minimum atomic E-state index is -0.397. The van der Waals surface area contributed by atoms with Crippen LogP contribution < -0.4 is 16.4 Å². The Morgan fingerprint density at radius 3 is 2.62 bits per heavy atom. The van der Waals surface area contributed by atoms with Crippen LogP contribution in [0.1, 0.15) is 30.4 Å². The lowest BCUT2D eigenvalue weighted by Gasteiger charge is -2.27. The number of carbonyl (C=O) groups excluding carboxylic acids is 2. The number of rotatable bonds is 4. The molecule has 1 fully saturated rings. The van der Waals surface area contributed by atoms with Gasteiger partial charge in [0.25, 0.3) is 5.91 Å². The van der Waals surface area contributed by atoms with Crippen LogP contribution in [0.2, 0.25) is 0 Å². The first-order chi connectivity index (χ1) is 16.2. The molecule has 0 spiro atoms. The number of aromatic nitrogens is 2. The predicted molar refractivity (Wildman–Crippen MR) is 138 cm³/mol. The van der Waals surface area contributed by atoms with E-state index in [1.807, 2.05) is 51.3 Å². The molecule has 0 radical (unpaired) electrons. The standard InChI is InChI=1S/C23H28N6O3S2/c1-23(2,3)28-19(30)18-16(24)15-17(26-21(33-4)27-20(15)34-18)13-6-5-7-14(12-13)25-22(31)29-8-10-32-11-9-29/h5-7,12H,8-11,24H2,1-4H3,(H,25,31)(H,28,30). The normalized spacial score (nSPS) is 14.3. The zero-order valence-corrected chi connectivity index (χ0v) is 21.2. The number of urea groups is 1. The Labute approximate surface area is 206 Å². The van der Waals surface area contributed by atoms with E-state index in [2.05, 4.69) is 15.6 Å². The minimum Gasteiger partial charge on any atom is -0.397 e. The monoisotopic (exact) mass is 500 g/mol. The average Bonchev–Trinajstić information content (AvgIpc) is 3.14. The smallest absolute Gasteiger partial charge is 0.321 e. The van der Waals surface area contributed by atoms with Gasteiger partial charge in [-0.25, -0.2) is 14.8 Å². The van der Waals surface area contributed by atoms with Crippen LogP contribution in [0.25, 0.3) is 21.5 Å². The summed E-state index contributed by atoms with van der Waals surface area (Å²) < 4.78 is 5.32. The molecule has 0 bridgehead atoms. The van der Waals surface area contributed by atoms with Crippen molar-refractivity contribution in [2.24, 2.45) is 0 Å². The van der Waals surface area contributed by atoms with E-state index in [-0.39, 0.29) is 11.9 Å². The van der Waals surface area contributed by atoms with Crippen LogP contribution in [0.4, 0.5) is 16.2 Å². The number of benzene rings is 1. The van der Waals surface area contributed by atoms with Gasteiger partial charge in [-0.2, -0.15) is 0 Å². The number of thiophene rings is 1. The number of carbonyl (C=O) groups is 2. The molecule has 1 aliphatic rings. The van der Waals surface area contributed by atoms with Gasteiger partial charge in [0.15, 0.2) is 5.16 Å². The quantitative estimate of drug-likeness (QED) is 0.365. The second-order valence-corrected chi connectivity index (χ2v) is 10.7. The van der Waals surface area contributed by atoms with Gasteiger partial charge in [-0.05, 0) is 39.2 Å². The van der Waals surface area contributed by atoms with E-state index in [4.69, 9.17) is 15.5 Å². The number of nitrogens with one attached hydrogen (secondary N) is 2. The van der Waals surface area contributed by atoms with Crippen LogP contribution in [0.3, 0.4) is 0 Å². The van der Waals surface area contributed by atoms with E-state index in [9.17, 15) is 9.59 Å². The number of hydrogen-bond acceptors (Lipinski definition) is 8. The predicted octanol–water partition coefficient (Wildman–Crippen LogP) is 4.05. The van der Waals surface area contributed by atoms with Crippen molar-refractivity contribution < 1.29 is 14.3 Å². The highest BCUT2D eigenvalue weighted by molar-refractivity contribution is 7.98. The molecule has 9 nitrogen and oxygen atoms in total. The molecule has 1 aromatic carbocycles. The van der Waals surface area contributed by atoms with Crippen LogP contribution in [-0.2, 0) is 4.74 Å². The van der Waals surface area contributed by atoms with Crippen molar-refractivity contribution in [2.45, 2.75) is 31.5 Å². The first-order valence-corrected chi connectivity index (χ1v) is 12.9. The summed E-state index contributed by atoms with van der Waals surface area (Å²) in [6.45, 7) is 7.94. The minimum absolute atomic E-state index is 0.172. The maximum absolute atomic E-state index is 12.9. The number of fused-ring (bicyclic) bond motifs is 1. The molecule has 3 aromatic rings. The van der Waals surface area contributed by atoms with Crippen molar-refractivity contribution in [1.29, 1.82) is 0 Å². The van der Waals surface area contributed by atoms with Gasteiger partial charge < -0.3 is 26.0 Å². The molecule has 4 N–H and O–H groups in total. The number of ether oxygens (including phenoxy) is 1. The van der Waals surface area contributed by atoms with Crippen molar-refractivity contribution >= 4 is 56.6 Å². The molecular weight excluding hydrogens is 472 g/mol. The first kappa shape index (κ1) is 24.2. The molecule has 0 saturated carbocycles. The fourth-order valence-corrected chi connectivity index (χ4v) is 4.99. The second kappa shape index (κ2) is 9.77. The lowest BCUT2D eigenvalue weighted by molar-refractivity contribution is 0.0564. The molecule has 34 heavy (non-hydrogen) atoms. The second-order valence-electron chi connectivity index (χ2n) is 8.90. The SMILES string of the molecule is CSc1nc(-c2cccc(NC(=O)N3CCOCC3)c2)c2c(N)c(C(=O)NC(C)(C)C)sc2n1. The van der Waals surface area contributed by atoms with Crippen molar-refractivity contribution in [1.82, 2.24) is 20.2 Å². The Kier molecular flexibility index (Phi) is 6.96. The number of anilines is 2. The number of hydrogen-bond donors (Lipinski definition) is 3. The van der Waals surface area contributed by atoms with Crippen LogP contribution in [0.15, 0.2) is 29.4 Å². The Morgan fingerprint density at radius 2 is 1.94 bits per heavy atom. The van der Waals surface area contributed by atoms with Crippen molar-refractivity contribution in [3.63, 3.8) is 0 Å². The molecule has 3 heterocycles. The van der Waals surface area contributed by atoms with Gasteiger partial charge in [-0.1, -0.05) is 23.9 Å². The van der Waals surface area contributed by atoms with Crippen LogP contribution in [0, 0.1) is 0 Å².